The van der Waals surface area contributed by atoms with Crippen molar-refractivity contribution in [3.05, 3.63) is 35.8 Å². The molecule has 0 spiro atoms. The fourth-order valence-electron chi connectivity index (χ4n) is 1.99. The Morgan fingerprint density at radius 3 is 2.94 bits per heavy atom. The number of fused-ring (bicyclic) bond motifs is 1. The van der Waals surface area contributed by atoms with Gasteiger partial charge in [0.15, 0.2) is 11.4 Å². The van der Waals surface area contributed by atoms with Gasteiger partial charge in [-0.1, -0.05) is 26.0 Å². The molecule has 2 nitrogen and oxygen atoms in total. The van der Waals surface area contributed by atoms with Crippen LogP contribution in [0.5, 0.6) is 0 Å². The van der Waals surface area contributed by atoms with E-state index in [-0.39, 0.29) is 5.82 Å². The van der Waals surface area contributed by atoms with Crippen LogP contribution in [0, 0.1) is 11.7 Å². The molecule has 1 aromatic carbocycles. The van der Waals surface area contributed by atoms with Crippen molar-refractivity contribution in [2.45, 2.75) is 20.3 Å². The van der Waals surface area contributed by atoms with Crippen molar-refractivity contribution in [3.63, 3.8) is 0 Å². The topological polar surface area (TPSA) is 25.2 Å². The van der Waals surface area contributed by atoms with E-state index in [9.17, 15) is 4.39 Å². The molecule has 0 fully saturated rings. The lowest BCUT2D eigenvalue weighted by Gasteiger charge is -2.09. The van der Waals surface area contributed by atoms with E-state index in [0.717, 1.165) is 30.7 Å². The van der Waals surface area contributed by atoms with Crippen molar-refractivity contribution in [3.8, 4) is 0 Å². The highest BCUT2D eigenvalue weighted by molar-refractivity contribution is 5.78. The first-order valence-corrected chi connectivity index (χ1v) is 6.08. The molecule has 0 radical (unpaired) electrons. The first kappa shape index (κ1) is 12.1. The number of furan rings is 1. The van der Waals surface area contributed by atoms with Crippen LogP contribution in [0.25, 0.3) is 11.0 Å². The fraction of sp³-hybridized carbons (Fsp3) is 0.429. The van der Waals surface area contributed by atoms with Crippen LogP contribution in [0.1, 0.15) is 19.6 Å². The Labute approximate surface area is 101 Å². The Balaban J connectivity index is 2.11. The van der Waals surface area contributed by atoms with Gasteiger partial charge >= 0.3 is 0 Å². The van der Waals surface area contributed by atoms with Crippen molar-refractivity contribution in [2.24, 2.45) is 5.92 Å². The molecule has 2 aromatic rings. The van der Waals surface area contributed by atoms with Gasteiger partial charge in [-0.25, -0.2) is 4.39 Å². The molecule has 3 heteroatoms. The van der Waals surface area contributed by atoms with Gasteiger partial charge in [0.2, 0.25) is 0 Å². The van der Waals surface area contributed by atoms with E-state index in [4.69, 9.17) is 4.42 Å². The van der Waals surface area contributed by atoms with Gasteiger partial charge in [0, 0.05) is 11.8 Å². The maximum absolute atomic E-state index is 13.4. The molecule has 0 aliphatic heterocycles. The molecule has 0 saturated carbocycles. The zero-order valence-electron chi connectivity index (χ0n) is 10.3. The first-order valence-electron chi connectivity index (χ1n) is 6.08. The molecule has 2 rings (SSSR count). The van der Waals surface area contributed by atoms with Crippen molar-refractivity contribution in [1.82, 2.24) is 5.32 Å². The summed E-state index contributed by atoms with van der Waals surface area (Å²) in [6, 6.07) is 6.94. The minimum Gasteiger partial charge on any atom is -0.458 e. The lowest BCUT2D eigenvalue weighted by atomic mass is 10.1. The van der Waals surface area contributed by atoms with E-state index in [1.54, 1.807) is 6.07 Å². The summed E-state index contributed by atoms with van der Waals surface area (Å²) in [4.78, 5) is 0. The number of hydrogen-bond acceptors (Lipinski definition) is 2. The third-order valence-electron chi connectivity index (χ3n) is 2.84. The SMILES string of the molecule is CCNCC(C)Cc1cc2cccc(F)c2o1. The summed E-state index contributed by atoms with van der Waals surface area (Å²) < 4.78 is 19.0. The van der Waals surface area contributed by atoms with E-state index in [0.29, 0.717) is 11.5 Å². The van der Waals surface area contributed by atoms with Gasteiger partial charge in [0.25, 0.3) is 0 Å². The Kier molecular flexibility index (Phi) is 3.79. The van der Waals surface area contributed by atoms with Crippen LogP contribution in [0.2, 0.25) is 0 Å². The van der Waals surface area contributed by atoms with Gasteiger partial charge in [-0.05, 0) is 31.1 Å². The Hall–Kier alpha value is -1.35. The predicted molar refractivity (Wildman–Crippen MR) is 67.6 cm³/mol. The molecular weight excluding hydrogens is 217 g/mol. The Morgan fingerprint density at radius 2 is 2.24 bits per heavy atom. The molecule has 0 aliphatic rings. The van der Waals surface area contributed by atoms with Crippen molar-refractivity contribution < 1.29 is 8.81 Å². The standard InChI is InChI=1S/C14H18FNO/c1-3-16-9-10(2)7-12-8-11-5-4-6-13(15)14(11)17-12/h4-6,8,10,16H,3,7,9H2,1-2H3. The van der Waals surface area contributed by atoms with Gasteiger partial charge in [-0.15, -0.1) is 0 Å². The second-order valence-electron chi connectivity index (χ2n) is 4.49. The number of para-hydroxylation sites is 1. The van der Waals surface area contributed by atoms with Gasteiger partial charge in [-0.3, -0.25) is 0 Å². The summed E-state index contributed by atoms with van der Waals surface area (Å²) in [6.45, 7) is 6.17. The van der Waals surface area contributed by atoms with Crippen molar-refractivity contribution in [2.75, 3.05) is 13.1 Å². The van der Waals surface area contributed by atoms with E-state index >= 15 is 0 Å². The maximum atomic E-state index is 13.4. The summed E-state index contributed by atoms with van der Waals surface area (Å²) in [5, 5.41) is 4.14. The quantitative estimate of drug-likeness (QED) is 0.859. The molecule has 1 N–H and O–H groups in total. The summed E-state index contributed by atoms with van der Waals surface area (Å²) in [6.07, 6.45) is 0.834. The molecular formula is C14H18FNO. The summed E-state index contributed by atoms with van der Waals surface area (Å²) in [7, 11) is 0. The summed E-state index contributed by atoms with van der Waals surface area (Å²) >= 11 is 0. The first-order chi connectivity index (χ1) is 8.20. The number of hydrogen-bond donors (Lipinski definition) is 1. The lowest BCUT2D eigenvalue weighted by Crippen LogP contribution is -2.21. The average molecular weight is 235 g/mol. The highest BCUT2D eigenvalue weighted by atomic mass is 19.1. The van der Waals surface area contributed by atoms with Crippen LogP contribution in [-0.4, -0.2) is 13.1 Å². The summed E-state index contributed by atoms with van der Waals surface area (Å²) in [5.74, 6) is 1.06. The van der Waals surface area contributed by atoms with Crippen LogP contribution < -0.4 is 5.32 Å². The third-order valence-corrected chi connectivity index (χ3v) is 2.84. The molecule has 1 heterocycles. The van der Waals surface area contributed by atoms with Gasteiger partial charge in [0.1, 0.15) is 5.76 Å². The number of benzene rings is 1. The molecule has 1 unspecified atom stereocenters. The largest absolute Gasteiger partial charge is 0.458 e. The average Bonchev–Trinajstić information content (AvgIpc) is 2.70. The zero-order valence-corrected chi connectivity index (χ0v) is 10.3. The molecule has 0 amide bonds. The minimum absolute atomic E-state index is 0.284. The highest BCUT2D eigenvalue weighted by Gasteiger charge is 2.10. The van der Waals surface area contributed by atoms with Crippen molar-refractivity contribution in [1.29, 1.82) is 0 Å². The molecule has 17 heavy (non-hydrogen) atoms. The van der Waals surface area contributed by atoms with E-state index in [1.807, 2.05) is 12.1 Å². The van der Waals surface area contributed by atoms with E-state index < -0.39 is 0 Å². The predicted octanol–water partition coefficient (Wildman–Crippen LogP) is 3.36. The third kappa shape index (κ3) is 2.86. The van der Waals surface area contributed by atoms with E-state index in [2.05, 4.69) is 19.2 Å². The second-order valence-corrected chi connectivity index (χ2v) is 4.49. The van der Waals surface area contributed by atoms with Crippen LogP contribution in [0.3, 0.4) is 0 Å². The Bertz CT molecular complexity index is 492. The Morgan fingerprint density at radius 1 is 1.41 bits per heavy atom. The lowest BCUT2D eigenvalue weighted by molar-refractivity contribution is 0.451. The normalized spacial score (nSPS) is 13.1. The molecule has 0 bridgehead atoms. The molecule has 0 aliphatic carbocycles. The van der Waals surface area contributed by atoms with Gasteiger partial charge in [0.05, 0.1) is 0 Å². The maximum Gasteiger partial charge on any atom is 0.169 e. The summed E-state index contributed by atoms with van der Waals surface area (Å²) in [5.41, 5.74) is 0.373. The van der Waals surface area contributed by atoms with Gasteiger partial charge in [-0.2, -0.15) is 0 Å². The fourth-order valence-corrected chi connectivity index (χ4v) is 1.99. The molecule has 1 aromatic heterocycles. The van der Waals surface area contributed by atoms with Crippen molar-refractivity contribution >= 4 is 11.0 Å². The number of nitrogens with one attached hydrogen (secondary N) is 1. The monoisotopic (exact) mass is 235 g/mol. The van der Waals surface area contributed by atoms with E-state index in [1.165, 1.54) is 6.07 Å². The highest BCUT2D eigenvalue weighted by Crippen LogP contribution is 2.23. The second kappa shape index (κ2) is 5.32. The van der Waals surface area contributed by atoms with Crippen LogP contribution in [0.4, 0.5) is 4.39 Å². The number of halogens is 1. The zero-order chi connectivity index (χ0) is 12.3. The number of rotatable bonds is 5. The van der Waals surface area contributed by atoms with Crippen LogP contribution in [0.15, 0.2) is 28.7 Å². The minimum atomic E-state index is -0.284. The molecule has 92 valence electrons. The smallest absolute Gasteiger partial charge is 0.169 e. The molecule has 0 saturated heterocycles. The molecule has 1 atom stereocenters. The van der Waals surface area contributed by atoms with Crippen LogP contribution in [-0.2, 0) is 6.42 Å². The van der Waals surface area contributed by atoms with Crippen LogP contribution >= 0.6 is 0 Å². The van der Waals surface area contributed by atoms with Gasteiger partial charge < -0.3 is 9.73 Å².